The second-order valence-corrected chi connectivity index (χ2v) is 4.94. The van der Waals surface area contributed by atoms with Crippen molar-refractivity contribution in [2.45, 2.75) is 18.9 Å². The molecule has 0 amide bonds. The molecular formula is C14H18N4O. The number of nitrogens with two attached hydrogens (primary N) is 1. The van der Waals surface area contributed by atoms with Crippen molar-refractivity contribution in [3.05, 3.63) is 24.3 Å². The van der Waals surface area contributed by atoms with E-state index >= 15 is 0 Å². The molecule has 2 N–H and O–H groups in total. The predicted molar refractivity (Wildman–Crippen MR) is 76.2 cm³/mol. The Labute approximate surface area is 112 Å². The van der Waals surface area contributed by atoms with Gasteiger partial charge in [-0.2, -0.15) is 0 Å². The maximum absolute atomic E-state index is 6.01. The van der Waals surface area contributed by atoms with Gasteiger partial charge in [0, 0.05) is 20.2 Å². The first-order valence-corrected chi connectivity index (χ1v) is 6.59. The van der Waals surface area contributed by atoms with Crippen LogP contribution in [0.25, 0.3) is 11.0 Å². The van der Waals surface area contributed by atoms with E-state index in [2.05, 4.69) is 9.97 Å². The number of aromatic nitrogens is 2. The molecule has 1 aromatic heterocycles. The Morgan fingerprint density at radius 1 is 1.32 bits per heavy atom. The van der Waals surface area contributed by atoms with Crippen LogP contribution < -0.4 is 10.6 Å². The van der Waals surface area contributed by atoms with Gasteiger partial charge >= 0.3 is 0 Å². The van der Waals surface area contributed by atoms with Gasteiger partial charge < -0.3 is 15.4 Å². The molecule has 0 aliphatic carbocycles. The molecule has 1 aromatic carbocycles. The lowest BCUT2D eigenvalue weighted by Gasteiger charge is -2.22. The molecule has 1 unspecified atom stereocenters. The second-order valence-electron chi connectivity index (χ2n) is 4.94. The van der Waals surface area contributed by atoms with Gasteiger partial charge in [0.15, 0.2) is 11.6 Å². The van der Waals surface area contributed by atoms with Crippen LogP contribution in [0.1, 0.15) is 12.8 Å². The minimum atomic E-state index is 0.276. The first-order chi connectivity index (χ1) is 9.24. The van der Waals surface area contributed by atoms with Crippen molar-refractivity contribution < 1.29 is 4.74 Å². The normalized spacial score (nSPS) is 18.9. The number of likely N-dealkylation sites (N-methyl/N-ethyl adjacent to an activating group) is 1. The standard InChI is InChI=1S/C14H18N4O/c1-18(9-10-5-4-8-19-10)14-13(15)16-11-6-2-3-7-12(11)17-14/h2-3,6-7,10H,4-5,8-9H2,1H3,(H2,15,16). The summed E-state index contributed by atoms with van der Waals surface area (Å²) in [7, 11) is 1.98. The van der Waals surface area contributed by atoms with E-state index in [0.29, 0.717) is 5.82 Å². The van der Waals surface area contributed by atoms with Crippen LogP contribution in [-0.4, -0.2) is 36.3 Å². The monoisotopic (exact) mass is 258 g/mol. The Balaban J connectivity index is 1.88. The zero-order chi connectivity index (χ0) is 13.2. The minimum absolute atomic E-state index is 0.276. The zero-order valence-corrected chi connectivity index (χ0v) is 11.0. The van der Waals surface area contributed by atoms with Crippen LogP contribution in [0.15, 0.2) is 24.3 Å². The number of nitrogens with zero attached hydrogens (tertiary/aromatic N) is 3. The third-order valence-electron chi connectivity index (χ3n) is 3.44. The highest BCUT2D eigenvalue weighted by molar-refractivity contribution is 5.79. The van der Waals surface area contributed by atoms with E-state index in [1.54, 1.807) is 0 Å². The molecule has 3 rings (SSSR count). The highest BCUT2D eigenvalue weighted by atomic mass is 16.5. The highest BCUT2D eigenvalue weighted by Gasteiger charge is 2.19. The van der Waals surface area contributed by atoms with Crippen LogP contribution >= 0.6 is 0 Å². The van der Waals surface area contributed by atoms with Crippen LogP contribution in [-0.2, 0) is 4.74 Å². The first-order valence-electron chi connectivity index (χ1n) is 6.59. The predicted octanol–water partition coefficient (Wildman–Crippen LogP) is 1.83. The minimum Gasteiger partial charge on any atom is -0.381 e. The fourth-order valence-electron chi connectivity index (χ4n) is 2.47. The average molecular weight is 258 g/mol. The molecule has 5 nitrogen and oxygen atoms in total. The lowest BCUT2D eigenvalue weighted by atomic mass is 10.2. The summed E-state index contributed by atoms with van der Waals surface area (Å²) in [6.45, 7) is 1.66. The molecule has 1 aliphatic rings. The molecule has 5 heteroatoms. The number of rotatable bonds is 3. The van der Waals surface area contributed by atoms with Gasteiger partial charge in [-0.3, -0.25) is 0 Å². The van der Waals surface area contributed by atoms with Gasteiger partial charge in [0.25, 0.3) is 0 Å². The quantitative estimate of drug-likeness (QED) is 0.910. The van der Waals surface area contributed by atoms with Crippen molar-refractivity contribution in [1.29, 1.82) is 0 Å². The molecule has 1 aliphatic heterocycles. The topological polar surface area (TPSA) is 64.3 Å². The van der Waals surface area contributed by atoms with Crippen LogP contribution in [0.5, 0.6) is 0 Å². The summed E-state index contributed by atoms with van der Waals surface area (Å²) in [5.74, 6) is 1.20. The van der Waals surface area contributed by atoms with E-state index in [1.807, 2.05) is 36.2 Å². The summed E-state index contributed by atoms with van der Waals surface area (Å²) in [5, 5.41) is 0. The van der Waals surface area contributed by atoms with Crippen molar-refractivity contribution in [2.24, 2.45) is 0 Å². The first kappa shape index (κ1) is 12.2. The number of hydrogen-bond acceptors (Lipinski definition) is 5. The average Bonchev–Trinajstić information content (AvgIpc) is 2.90. The number of nitrogen functional groups attached to an aromatic ring is 1. The van der Waals surface area contributed by atoms with Crippen LogP contribution in [0.2, 0.25) is 0 Å². The number of anilines is 2. The second kappa shape index (κ2) is 5.01. The van der Waals surface area contributed by atoms with E-state index in [4.69, 9.17) is 10.5 Å². The third-order valence-corrected chi connectivity index (χ3v) is 3.44. The summed E-state index contributed by atoms with van der Waals surface area (Å²) in [5.41, 5.74) is 7.70. The van der Waals surface area contributed by atoms with E-state index in [9.17, 15) is 0 Å². The number of hydrogen-bond donors (Lipinski definition) is 1. The Morgan fingerprint density at radius 3 is 2.74 bits per heavy atom. The summed E-state index contributed by atoms with van der Waals surface area (Å²) in [6.07, 6.45) is 2.51. The van der Waals surface area contributed by atoms with Crippen LogP contribution in [0.4, 0.5) is 11.6 Å². The van der Waals surface area contributed by atoms with E-state index in [0.717, 1.165) is 42.8 Å². The molecule has 100 valence electrons. The molecule has 2 heterocycles. The van der Waals surface area contributed by atoms with Gasteiger partial charge in [0.1, 0.15) is 0 Å². The van der Waals surface area contributed by atoms with Gasteiger partial charge in [0.2, 0.25) is 0 Å². The third kappa shape index (κ3) is 2.46. The zero-order valence-electron chi connectivity index (χ0n) is 11.0. The molecule has 1 atom stereocenters. The maximum Gasteiger partial charge on any atom is 0.172 e. The van der Waals surface area contributed by atoms with Crippen molar-refractivity contribution in [3.8, 4) is 0 Å². The number of benzene rings is 1. The number of para-hydroxylation sites is 2. The molecule has 0 spiro atoms. The summed E-state index contributed by atoms with van der Waals surface area (Å²) >= 11 is 0. The Hall–Kier alpha value is -1.88. The summed E-state index contributed by atoms with van der Waals surface area (Å²) in [6, 6.07) is 7.76. The lowest BCUT2D eigenvalue weighted by Crippen LogP contribution is -2.30. The Kier molecular flexibility index (Phi) is 3.21. The van der Waals surface area contributed by atoms with Gasteiger partial charge in [-0.1, -0.05) is 12.1 Å². The van der Waals surface area contributed by atoms with Gasteiger partial charge in [-0.05, 0) is 25.0 Å². The largest absolute Gasteiger partial charge is 0.381 e. The van der Waals surface area contributed by atoms with Gasteiger partial charge in [-0.25, -0.2) is 9.97 Å². The molecule has 2 aromatic rings. The molecule has 0 bridgehead atoms. The highest BCUT2D eigenvalue weighted by Crippen LogP contribution is 2.23. The van der Waals surface area contributed by atoms with Crippen LogP contribution in [0.3, 0.4) is 0 Å². The smallest absolute Gasteiger partial charge is 0.172 e. The Morgan fingerprint density at radius 2 is 2.05 bits per heavy atom. The van der Waals surface area contributed by atoms with Crippen LogP contribution in [0, 0.1) is 0 Å². The van der Waals surface area contributed by atoms with E-state index in [-0.39, 0.29) is 6.10 Å². The van der Waals surface area contributed by atoms with E-state index in [1.165, 1.54) is 0 Å². The van der Waals surface area contributed by atoms with Crippen molar-refractivity contribution in [2.75, 3.05) is 30.8 Å². The maximum atomic E-state index is 6.01. The number of fused-ring (bicyclic) bond motifs is 1. The molecule has 1 saturated heterocycles. The summed E-state index contributed by atoms with van der Waals surface area (Å²) < 4.78 is 5.64. The summed E-state index contributed by atoms with van der Waals surface area (Å²) in [4.78, 5) is 11.0. The molecule has 0 saturated carbocycles. The molecule has 1 fully saturated rings. The van der Waals surface area contributed by atoms with Gasteiger partial charge in [0.05, 0.1) is 17.1 Å². The van der Waals surface area contributed by atoms with Crippen molar-refractivity contribution in [3.63, 3.8) is 0 Å². The molecule has 19 heavy (non-hydrogen) atoms. The number of ether oxygens (including phenoxy) is 1. The lowest BCUT2D eigenvalue weighted by molar-refractivity contribution is 0.116. The van der Waals surface area contributed by atoms with Crippen molar-refractivity contribution in [1.82, 2.24) is 9.97 Å². The van der Waals surface area contributed by atoms with Gasteiger partial charge in [-0.15, -0.1) is 0 Å². The molecule has 0 radical (unpaired) electrons. The SMILES string of the molecule is CN(CC1CCCO1)c1nc2ccccc2nc1N. The van der Waals surface area contributed by atoms with Crippen molar-refractivity contribution >= 4 is 22.7 Å². The fourth-order valence-corrected chi connectivity index (χ4v) is 2.47. The fraction of sp³-hybridized carbons (Fsp3) is 0.429. The molecular weight excluding hydrogens is 240 g/mol. The Bertz CT molecular complexity index is 581. The van der Waals surface area contributed by atoms with E-state index < -0.39 is 0 Å².